The van der Waals surface area contributed by atoms with Gasteiger partial charge in [0.15, 0.2) is 0 Å². The molecule has 90 valence electrons. The van der Waals surface area contributed by atoms with E-state index < -0.39 is 18.4 Å². The zero-order valence-corrected chi connectivity index (χ0v) is 13.4. The van der Waals surface area contributed by atoms with Crippen LogP contribution in [0.15, 0.2) is 33.5 Å². The summed E-state index contributed by atoms with van der Waals surface area (Å²) >= 11 is -2.31. The van der Waals surface area contributed by atoms with Gasteiger partial charge in [-0.05, 0) is 0 Å². The van der Waals surface area contributed by atoms with Gasteiger partial charge in [-0.25, -0.2) is 0 Å². The first-order chi connectivity index (χ1) is 7.91. The van der Waals surface area contributed by atoms with Gasteiger partial charge in [0.05, 0.1) is 0 Å². The standard InChI is InChI=1S/C10H7O3.3CH3.Sn/c1-12-8-4-2-7-3-5-10(11)13-9(7)6-8;;;;/h2,4-6H,1H3;3*1H3;. The Morgan fingerprint density at radius 3 is 2.47 bits per heavy atom. The van der Waals surface area contributed by atoms with Gasteiger partial charge < -0.3 is 0 Å². The quantitative estimate of drug-likeness (QED) is 0.623. The van der Waals surface area contributed by atoms with E-state index in [9.17, 15) is 4.79 Å². The Morgan fingerprint density at radius 1 is 1.18 bits per heavy atom. The average Bonchev–Trinajstić information content (AvgIpc) is 2.25. The van der Waals surface area contributed by atoms with Crippen molar-refractivity contribution in [1.29, 1.82) is 0 Å². The summed E-state index contributed by atoms with van der Waals surface area (Å²) in [6.07, 6.45) is 0. The number of hydrogen-bond acceptors (Lipinski definition) is 3. The average molecular weight is 339 g/mol. The summed E-state index contributed by atoms with van der Waals surface area (Å²) in [5.41, 5.74) is 0.353. The van der Waals surface area contributed by atoms with Crippen molar-refractivity contribution in [1.82, 2.24) is 0 Å². The number of benzene rings is 1. The molecule has 0 fully saturated rings. The van der Waals surface area contributed by atoms with Crippen molar-refractivity contribution in [2.75, 3.05) is 7.11 Å². The van der Waals surface area contributed by atoms with Crippen molar-refractivity contribution in [3.05, 3.63) is 34.7 Å². The normalized spacial score (nSPS) is 11.8. The SMILES string of the molecule is COc1ccc2[c]([Sn]([CH3])([CH3])[CH3])cc(=O)oc2c1. The van der Waals surface area contributed by atoms with E-state index in [-0.39, 0.29) is 5.63 Å². The van der Waals surface area contributed by atoms with Crippen LogP contribution in [0.4, 0.5) is 0 Å². The molecule has 0 bridgehead atoms. The van der Waals surface area contributed by atoms with E-state index in [0.717, 1.165) is 5.39 Å². The molecule has 0 unspecified atom stereocenters. The monoisotopic (exact) mass is 340 g/mol. The first-order valence-electron chi connectivity index (χ1n) is 5.54. The summed E-state index contributed by atoms with van der Waals surface area (Å²) in [6, 6.07) is 7.32. The molecule has 0 amide bonds. The molecule has 0 saturated heterocycles. The van der Waals surface area contributed by atoms with Gasteiger partial charge in [-0.15, -0.1) is 0 Å². The molecule has 0 radical (unpaired) electrons. The maximum atomic E-state index is 11.6. The Balaban J connectivity index is 2.82. The zero-order valence-electron chi connectivity index (χ0n) is 10.5. The summed E-state index contributed by atoms with van der Waals surface area (Å²) in [5.74, 6) is 0.710. The number of ether oxygens (including phenoxy) is 1. The van der Waals surface area contributed by atoms with Crippen molar-refractivity contribution >= 4 is 32.9 Å². The number of hydrogen-bond donors (Lipinski definition) is 0. The second-order valence-electron chi connectivity index (χ2n) is 5.09. The fraction of sp³-hybridized carbons (Fsp3) is 0.308. The van der Waals surface area contributed by atoms with Crippen LogP contribution in [0.1, 0.15) is 0 Å². The van der Waals surface area contributed by atoms with Crippen LogP contribution >= 0.6 is 0 Å². The predicted octanol–water partition coefficient (Wildman–Crippen LogP) is 2.35. The molecule has 1 aromatic heterocycles. The number of methoxy groups -OCH3 is 1. The molecule has 2 aromatic rings. The van der Waals surface area contributed by atoms with Crippen molar-refractivity contribution in [3.63, 3.8) is 0 Å². The maximum absolute atomic E-state index is 11.6. The summed E-state index contributed by atoms with van der Waals surface area (Å²) in [7, 11) is 1.60. The molecule has 0 aliphatic heterocycles. The second-order valence-corrected chi connectivity index (χ2v) is 19.5. The van der Waals surface area contributed by atoms with Gasteiger partial charge in [-0.1, -0.05) is 0 Å². The van der Waals surface area contributed by atoms with Crippen molar-refractivity contribution in [2.24, 2.45) is 0 Å². The third-order valence-electron chi connectivity index (χ3n) is 2.76. The van der Waals surface area contributed by atoms with Crippen LogP contribution in [0.5, 0.6) is 5.75 Å². The van der Waals surface area contributed by atoms with Crippen LogP contribution in [-0.2, 0) is 0 Å². The van der Waals surface area contributed by atoms with Crippen LogP contribution < -0.4 is 13.9 Å². The Labute approximate surface area is 104 Å². The van der Waals surface area contributed by atoms with E-state index in [2.05, 4.69) is 14.8 Å². The number of rotatable bonds is 2. The van der Waals surface area contributed by atoms with Crippen LogP contribution in [0.3, 0.4) is 0 Å². The molecule has 0 aliphatic rings. The Morgan fingerprint density at radius 2 is 1.88 bits per heavy atom. The van der Waals surface area contributed by atoms with Gasteiger partial charge in [0.2, 0.25) is 0 Å². The molecule has 0 saturated carbocycles. The van der Waals surface area contributed by atoms with Crippen LogP contribution in [0.2, 0.25) is 14.8 Å². The van der Waals surface area contributed by atoms with Gasteiger partial charge in [-0.3, -0.25) is 0 Å². The van der Waals surface area contributed by atoms with E-state index in [1.807, 2.05) is 12.1 Å². The number of fused-ring (bicyclic) bond motifs is 1. The molecule has 4 heteroatoms. The zero-order chi connectivity index (χ0) is 12.6. The van der Waals surface area contributed by atoms with E-state index in [0.29, 0.717) is 11.3 Å². The van der Waals surface area contributed by atoms with Crippen LogP contribution in [0.25, 0.3) is 11.0 Å². The minimum absolute atomic E-state index is 0.271. The molecule has 0 atom stereocenters. The van der Waals surface area contributed by atoms with E-state index in [1.165, 1.54) is 3.58 Å². The molecule has 1 heterocycles. The topological polar surface area (TPSA) is 39.4 Å². The van der Waals surface area contributed by atoms with Gasteiger partial charge in [0.25, 0.3) is 0 Å². The molecule has 0 N–H and O–H groups in total. The van der Waals surface area contributed by atoms with Crippen LogP contribution in [-0.4, -0.2) is 25.5 Å². The van der Waals surface area contributed by atoms with Crippen molar-refractivity contribution in [2.45, 2.75) is 14.8 Å². The predicted molar refractivity (Wildman–Crippen MR) is 72.0 cm³/mol. The Kier molecular flexibility index (Phi) is 3.21. The molecular weight excluding hydrogens is 323 g/mol. The summed E-state index contributed by atoms with van der Waals surface area (Å²) in [4.78, 5) is 18.4. The van der Waals surface area contributed by atoms with Crippen molar-refractivity contribution < 1.29 is 9.15 Å². The third-order valence-corrected chi connectivity index (χ3v) is 8.55. The molecule has 17 heavy (non-hydrogen) atoms. The molecule has 2 rings (SSSR count). The van der Waals surface area contributed by atoms with E-state index in [4.69, 9.17) is 9.15 Å². The van der Waals surface area contributed by atoms with Gasteiger partial charge in [0, 0.05) is 0 Å². The van der Waals surface area contributed by atoms with Gasteiger partial charge in [-0.2, -0.15) is 0 Å². The first-order valence-corrected chi connectivity index (χ1v) is 15.5. The third kappa shape index (κ3) is 2.49. The van der Waals surface area contributed by atoms with Gasteiger partial charge in [0.1, 0.15) is 0 Å². The molecule has 0 aliphatic carbocycles. The fourth-order valence-corrected chi connectivity index (χ4v) is 6.36. The molecule has 1 aromatic carbocycles. The van der Waals surface area contributed by atoms with Crippen molar-refractivity contribution in [3.8, 4) is 5.75 Å². The summed E-state index contributed by atoms with van der Waals surface area (Å²) in [6.45, 7) is 0. The van der Waals surface area contributed by atoms with Crippen LogP contribution in [0, 0.1) is 0 Å². The molecular formula is C13H16O3Sn. The van der Waals surface area contributed by atoms with E-state index in [1.54, 1.807) is 19.2 Å². The second kappa shape index (κ2) is 4.37. The fourth-order valence-electron chi connectivity index (χ4n) is 1.89. The molecule has 3 nitrogen and oxygen atoms in total. The Hall–Kier alpha value is -0.971. The molecule has 0 spiro atoms. The Bertz CT molecular complexity index is 608. The summed E-state index contributed by atoms with van der Waals surface area (Å²) < 4.78 is 11.6. The summed E-state index contributed by atoms with van der Waals surface area (Å²) in [5, 5.41) is 1.05. The minimum atomic E-state index is -2.31. The van der Waals surface area contributed by atoms with E-state index >= 15 is 0 Å². The van der Waals surface area contributed by atoms with Gasteiger partial charge >= 0.3 is 104 Å². The first kappa shape index (κ1) is 12.5.